The third-order valence-corrected chi connectivity index (χ3v) is 1.55. The Labute approximate surface area is 92.7 Å². The van der Waals surface area contributed by atoms with Gasteiger partial charge in [-0.25, -0.2) is 0 Å². The molecule has 0 aromatic carbocycles. The van der Waals surface area contributed by atoms with E-state index in [4.69, 9.17) is 4.74 Å². The van der Waals surface area contributed by atoms with E-state index in [1.54, 1.807) is 6.92 Å². The number of carbonyl (C=O) groups excluding carboxylic acids is 1. The molecule has 0 aliphatic rings. The van der Waals surface area contributed by atoms with E-state index in [-0.39, 0.29) is 13.2 Å². The third kappa shape index (κ3) is 11.0. The van der Waals surface area contributed by atoms with Gasteiger partial charge in [-0.3, -0.25) is 4.79 Å². The van der Waals surface area contributed by atoms with Crippen molar-refractivity contribution in [3.05, 3.63) is 12.2 Å². The fourth-order valence-corrected chi connectivity index (χ4v) is 0.853. The van der Waals surface area contributed by atoms with Gasteiger partial charge in [0.05, 0.1) is 19.6 Å². The monoisotopic (exact) mass is 239 g/mol. The molecule has 0 saturated carbocycles. The van der Waals surface area contributed by atoms with Crippen LogP contribution in [0.15, 0.2) is 12.2 Å². The van der Waals surface area contributed by atoms with E-state index in [1.165, 1.54) is 0 Å². The first kappa shape index (κ1) is 15.0. The molecule has 1 amide bonds. The Balaban J connectivity index is 3.41. The Morgan fingerprint density at radius 2 is 2.06 bits per heavy atom. The van der Waals surface area contributed by atoms with Crippen LogP contribution in [0, 0.1) is 0 Å². The summed E-state index contributed by atoms with van der Waals surface area (Å²) in [7, 11) is 0. The Kier molecular flexibility index (Phi) is 6.80. The van der Waals surface area contributed by atoms with Gasteiger partial charge in [0.25, 0.3) is 0 Å². The van der Waals surface area contributed by atoms with Gasteiger partial charge in [-0.15, -0.1) is 0 Å². The molecule has 0 fully saturated rings. The molecular formula is C10H16F3NO2. The molecule has 0 aromatic heterocycles. The lowest BCUT2D eigenvalue weighted by Gasteiger charge is -2.07. The first-order valence-corrected chi connectivity index (χ1v) is 4.87. The molecule has 0 aliphatic carbocycles. The summed E-state index contributed by atoms with van der Waals surface area (Å²) in [6.45, 7) is 6.27. The van der Waals surface area contributed by atoms with Crippen LogP contribution in [-0.2, 0) is 9.53 Å². The zero-order valence-corrected chi connectivity index (χ0v) is 9.19. The normalized spacial score (nSPS) is 11.2. The molecule has 0 aliphatic heterocycles. The van der Waals surface area contributed by atoms with Crippen molar-refractivity contribution in [3.8, 4) is 0 Å². The van der Waals surface area contributed by atoms with Crippen molar-refractivity contribution < 1.29 is 22.7 Å². The highest BCUT2D eigenvalue weighted by molar-refractivity contribution is 5.75. The molecule has 0 spiro atoms. The smallest absolute Gasteiger partial charge is 0.375 e. The standard InChI is InChI=1S/C10H16F3NO2/c1-8(2)7-16-6-5-14-9(15)3-4-10(11,12)13/h1,3-7H2,2H3,(H,14,15). The Morgan fingerprint density at radius 3 is 2.56 bits per heavy atom. The number of hydrogen-bond donors (Lipinski definition) is 1. The molecule has 94 valence electrons. The van der Waals surface area contributed by atoms with Gasteiger partial charge in [0.15, 0.2) is 0 Å². The lowest BCUT2D eigenvalue weighted by Crippen LogP contribution is -2.28. The second-order valence-corrected chi connectivity index (χ2v) is 3.47. The van der Waals surface area contributed by atoms with Crippen molar-refractivity contribution in [1.82, 2.24) is 5.32 Å². The maximum atomic E-state index is 11.7. The van der Waals surface area contributed by atoms with Gasteiger partial charge in [-0.1, -0.05) is 12.2 Å². The Morgan fingerprint density at radius 1 is 1.44 bits per heavy atom. The van der Waals surface area contributed by atoms with Crippen LogP contribution in [-0.4, -0.2) is 31.8 Å². The van der Waals surface area contributed by atoms with Crippen LogP contribution in [0.3, 0.4) is 0 Å². The van der Waals surface area contributed by atoms with E-state index in [0.717, 1.165) is 5.57 Å². The van der Waals surface area contributed by atoms with Gasteiger partial charge in [-0.05, 0) is 6.92 Å². The van der Waals surface area contributed by atoms with E-state index in [9.17, 15) is 18.0 Å². The van der Waals surface area contributed by atoms with Crippen molar-refractivity contribution in [2.24, 2.45) is 0 Å². The second kappa shape index (κ2) is 7.27. The second-order valence-electron chi connectivity index (χ2n) is 3.47. The highest BCUT2D eigenvalue weighted by Gasteiger charge is 2.27. The molecule has 0 heterocycles. The van der Waals surface area contributed by atoms with Gasteiger partial charge in [0.2, 0.25) is 5.91 Å². The minimum absolute atomic E-state index is 0.212. The van der Waals surface area contributed by atoms with E-state index in [2.05, 4.69) is 11.9 Å². The predicted molar refractivity (Wildman–Crippen MR) is 53.9 cm³/mol. The predicted octanol–water partition coefficient (Wildman–Crippen LogP) is 2.04. The van der Waals surface area contributed by atoms with Crippen molar-refractivity contribution in [2.75, 3.05) is 19.8 Å². The van der Waals surface area contributed by atoms with Crippen LogP contribution in [0.2, 0.25) is 0 Å². The lowest BCUT2D eigenvalue weighted by atomic mass is 10.3. The number of hydrogen-bond acceptors (Lipinski definition) is 2. The minimum atomic E-state index is -4.28. The number of halogens is 3. The third-order valence-electron chi connectivity index (χ3n) is 1.55. The minimum Gasteiger partial charge on any atom is -0.375 e. The van der Waals surface area contributed by atoms with Gasteiger partial charge in [-0.2, -0.15) is 13.2 Å². The molecular weight excluding hydrogens is 223 g/mol. The first-order valence-electron chi connectivity index (χ1n) is 4.87. The van der Waals surface area contributed by atoms with Gasteiger partial charge in [0.1, 0.15) is 0 Å². The summed E-state index contributed by atoms with van der Waals surface area (Å²) in [5.74, 6) is -0.615. The Hall–Kier alpha value is -1.04. The summed E-state index contributed by atoms with van der Waals surface area (Å²) in [6, 6.07) is 0. The van der Waals surface area contributed by atoms with E-state index < -0.39 is 24.9 Å². The molecule has 0 rings (SSSR count). The van der Waals surface area contributed by atoms with E-state index >= 15 is 0 Å². The fraction of sp³-hybridized carbons (Fsp3) is 0.700. The number of alkyl halides is 3. The van der Waals surface area contributed by atoms with E-state index in [0.29, 0.717) is 6.61 Å². The molecule has 6 heteroatoms. The summed E-state index contributed by atoms with van der Waals surface area (Å²) in [6.07, 6.45) is -5.91. The number of carbonyl (C=O) groups is 1. The highest BCUT2D eigenvalue weighted by Crippen LogP contribution is 2.20. The molecule has 0 bridgehead atoms. The van der Waals surface area contributed by atoms with Crippen LogP contribution in [0.1, 0.15) is 19.8 Å². The van der Waals surface area contributed by atoms with Crippen molar-refractivity contribution in [3.63, 3.8) is 0 Å². The maximum Gasteiger partial charge on any atom is 0.389 e. The van der Waals surface area contributed by atoms with Crippen LogP contribution < -0.4 is 5.32 Å². The first-order chi connectivity index (χ1) is 7.31. The molecule has 0 atom stereocenters. The summed E-state index contributed by atoms with van der Waals surface area (Å²) in [5, 5.41) is 2.34. The van der Waals surface area contributed by atoms with Crippen molar-refractivity contribution in [2.45, 2.75) is 25.9 Å². The van der Waals surface area contributed by atoms with Gasteiger partial charge >= 0.3 is 6.18 Å². The molecule has 0 unspecified atom stereocenters. The maximum absolute atomic E-state index is 11.7. The van der Waals surface area contributed by atoms with Crippen LogP contribution in [0.25, 0.3) is 0 Å². The molecule has 3 nitrogen and oxygen atoms in total. The largest absolute Gasteiger partial charge is 0.389 e. The van der Waals surface area contributed by atoms with Crippen molar-refractivity contribution >= 4 is 5.91 Å². The van der Waals surface area contributed by atoms with Crippen LogP contribution in [0.4, 0.5) is 13.2 Å². The number of ether oxygens (including phenoxy) is 1. The average Bonchev–Trinajstić information content (AvgIpc) is 2.12. The zero-order valence-electron chi connectivity index (χ0n) is 9.19. The number of nitrogens with one attached hydrogen (secondary N) is 1. The van der Waals surface area contributed by atoms with Crippen molar-refractivity contribution in [1.29, 1.82) is 0 Å². The fourth-order valence-electron chi connectivity index (χ4n) is 0.853. The molecule has 0 saturated heterocycles. The molecule has 0 radical (unpaired) electrons. The van der Waals surface area contributed by atoms with Gasteiger partial charge < -0.3 is 10.1 Å². The quantitative estimate of drug-likeness (QED) is 0.545. The Bertz CT molecular complexity index is 239. The molecule has 1 N–H and O–H groups in total. The molecule has 0 aromatic rings. The lowest BCUT2D eigenvalue weighted by molar-refractivity contribution is -0.144. The topological polar surface area (TPSA) is 38.3 Å². The van der Waals surface area contributed by atoms with Crippen LogP contribution >= 0.6 is 0 Å². The summed E-state index contributed by atoms with van der Waals surface area (Å²) < 4.78 is 40.3. The molecule has 16 heavy (non-hydrogen) atoms. The summed E-state index contributed by atoms with van der Waals surface area (Å²) in [4.78, 5) is 10.9. The zero-order chi connectivity index (χ0) is 12.6. The van der Waals surface area contributed by atoms with Crippen LogP contribution in [0.5, 0.6) is 0 Å². The van der Waals surface area contributed by atoms with E-state index in [1.807, 2.05) is 0 Å². The van der Waals surface area contributed by atoms with Gasteiger partial charge in [0, 0.05) is 13.0 Å². The SMILES string of the molecule is C=C(C)COCCNC(=O)CCC(F)(F)F. The average molecular weight is 239 g/mol. The number of amides is 1. The highest BCUT2D eigenvalue weighted by atomic mass is 19.4. The summed E-state index contributed by atoms with van der Waals surface area (Å²) in [5.41, 5.74) is 0.850. The summed E-state index contributed by atoms with van der Waals surface area (Å²) >= 11 is 0. The number of rotatable bonds is 7.